The van der Waals surface area contributed by atoms with Crippen LogP contribution < -0.4 is 14.8 Å². The molecule has 4 aromatic rings. The molecule has 0 aliphatic carbocycles. The second kappa shape index (κ2) is 6.75. The van der Waals surface area contributed by atoms with Gasteiger partial charge in [0, 0.05) is 16.6 Å². The van der Waals surface area contributed by atoms with E-state index in [1.165, 1.54) is 0 Å². The molecule has 8 nitrogen and oxygen atoms in total. The maximum Gasteiger partial charge on any atom is 0.246 e. The van der Waals surface area contributed by atoms with Crippen LogP contribution in [0.2, 0.25) is 0 Å². The Morgan fingerprint density at radius 2 is 2.00 bits per heavy atom. The molecule has 2 heterocycles. The maximum atomic E-state index is 5.54. The molecule has 0 aliphatic rings. The maximum absolute atomic E-state index is 5.54. The summed E-state index contributed by atoms with van der Waals surface area (Å²) < 4.78 is 10.9. The van der Waals surface area contributed by atoms with Crippen molar-refractivity contribution in [3.8, 4) is 22.9 Å². The van der Waals surface area contributed by atoms with Crippen LogP contribution in [0.3, 0.4) is 0 Å². The number of H-pyrrole nitrogens is 2. The average molecular weight is 350 g/mol. The molecule has 0 amide bonds. The molecule has 8 heteroatoms. The van der Waals surface area contributed by atoms with Crippen molar-refractivity contribution in [2.24, 2.45) is 0 Å². The molecule has 2 aromatic carbocycles. The number of hydrogen-bond acceptors (Lipinski definition) is 6. The molecule has 0 atom stereocenters. The quantitative estimate of drug-likeness (QED) is 0.492. The first kappa shape index (κ1) is 15.9. The zero-order chi connectivity index (χ0) is 17.9. The predicted octanol–water partition coefficient (Wildman–Crippen LogP) is 3.50. The zero-order valence-corrected chi connectivity index (χ0v) is 14.4. The van der Waals surface area contributed by atoms with Gasteiger partial charge in [-0.15, -0.1) is 5.10 Å². The lowest BCUT2D eigenvalue weighted by Gasteiger charge is -2.09. The van der Waals surface area contributed by atoms with Crippen molar-refractivity contribution >= 4 is 22.5 Å². The van der Waals surface area contributed by atoms with Crippen LogP contribution in [0.1, 0.15) is 6.92 Å². The van der Waals surface area contributed by atoms with Crippen LogP contribution in [0.4, 0.5) is 11.6 Å². The summed E-state index contributed by atoms with van der Waals surface area (Å²) in [6.45, 7) is 2.51. The third-order valence-corrected chi connectivity index (χ3v) is 3.92. The fourth-order valence-electron chi connectivity index (χ4n) is 2.69. The number of fused-ring (bicyclic) bond motifs is 1. The Morgan fingerprint density at radius 1 is 1.08 bits per heavy atom. The number of anilines is 2. The normalized spacial score (nSPS) is 10.8. The van der Waals surface area contributed by atoms with Gasteiger partial charge in [-0.2, -0.15) is 10.1 Å². The molecular formula is C18H18N6O2. The molecule has 0 unspecified atom stereocenters. The Kier molecular flexibility index (Phi) is 4.14. The van der Waals surface area contributed by atoms with E-state index in [9.17, 15) is 0 Å². The lowest BCUT2D eigenvalue weighted by Crippen LogP contribution is -1.95. The third kappa shape index (κ3) is 3.04. The Morgan fingerprint density at radius 3 is 2.85 bits per heavy atom. The van der Waals surface area contributed by atoms with Crippen LogP contribution in [0, 0.1) is 0 Å². The van der Waals surface area contributed by atoms with Gasteiger partial charge in [-0.1, -0.05) is 0 Å². The van der Waals surface area contributed by atoms with E-state index >= 15 is 0 Å². The Balaban J connectivity index is 1.57. The van der Waals surface area contributed by atoms with E-state index in [1.807, 2.05) is 43.3 Å². The molecule has 0 aliphatic heterocycles. The molecule has 0 saturated carbocycles. The molecule has 0 spiro atoms. The monoisotopic (exact) mass is 350 g/mol. The second-order valence-electron chi connectivity index (χ2n) is 5.60. The highest BCUT2D eigenvalue weighted by Gasteiger charge is 2.11. The molecule has 26 heavy (non-hydrogen) atoms. The van der Waals surface area contributed by atoms with Crippen LogP contribution >= 0.6 is 0 Å². The minimum Gasteiger partial charge on any atom is -0.493 e. The van der Waals surface area contributed by atoms with E-state index in [0.717, 1.165) is 22.2 Å². The summed E-state index contributed by atoms with van der Waals surface area (Å²) in [5, 5.41) is 18.3. The van der Waals surface area contributed by atoms with Gasteiger partial charge in [-0.05, 0) is 43.3 Å². The second-order valence-corrected chi connectivity index (χ2v) is 5.60. The fourth-order valence-corrected chi connectivity index (χ4v) is 2.69. The Bertz CT molecular complexity index is 1040. The molecule has 0 radical (unpaired) electrons. The average Bonchev–Trinajstić information content (AvgIpc) is 3.31. The van der Waals surface area contributed by atoms with E-state index in [1.54, 1.807) is 13.3 Å². The van der Waals surface area contributed by atoms with Crippen molar-refractivity contribution in [2.45, 2.75) is 6.92 Å². The van der Waals surface area contributed by atoms with Gasteiger partial charge >= 0.3 is 0 Å². The van der Waals surface area contributed by atoms with Gasteiger partial charge in [0.05, 0.1) is 25.4 Å². The number of hydrogen-bond donors (Lipinski definition) is 3. The largest absolute Gasteiger partial charge is 0.493 e. The third-order valence-electron chi connectivity index (χ3n) is 3.92. The van der Waals surface area contributed by atoms with Gasteiger partial charge in [0.15, 0.2) is 17.3 Å². The number of benzene rings is 2. The fraction of sp³-hybridized carbons (Fsp3) is 0.167. The number of aromatic nitrogens is 5. The summed E-state index contributed by atoms with van der Waals surface area (Å²) in [5.74, 6) is 2.47. The van der Waals surface area contributed by atoms with Crippen LogP contribution in [0.25, 0.3) is 22.3 Å². The highest BCUT2D eigenvalue weighted by molar-refractivity contribution is 5.82. The van der Waals surface area contributed by atoms with Crippen molar-refractivity contribution < 1.29 is 9.47 Å². The van der Waals surface area contributed by atoms with Crippen LogP contribution in [0.15, 0.2) is 42.6 Å². The van der Waals surface area contributed by atoms with Gasteiger partial charge in [0.1, 0.15) is 0 Å². The summed E-state index contributed by atoms with van der Waals surface area (Å²) in [7, 11) is 1.61. The molecule has 4 rings (SSSR count). The topological polar surface area (TPSA) is 101 Å². The Hall–Kier alpha value is -3.55. The molecule has 0 fully saturated rings. The van der Waals surface area contributed by atoms with E-state index < -0.39 is 0 Å². The van der Waals surface area contributed by atoms with Gasteiger partial charge in [-0.3, -0.25) is 10.2 Å². The first-order chi connectivity index (χ1) is 12.8. The lowest BCUT2D eigenvalue weighted by molar-refractivity contribution is 0.311. The van der Waals surface area contributed by atoms with Gasteiger partial charge in [0.25, 0.3) is 0 Å². The highest BCUT2D eigenvalue weighted by Crippen LogP contribution is 2.31. The molecule has 3 N–H and O–H groups in total. The summed E-state index contributed by atoms with van der Waals surface area (Å²) in [6, 6.07) is 11.5. The number of nitrogens with one attached hydrogen (secondary N) is 3. The van der Waals surface area contributed by atoms with Crippen LogP contribution in [0.5, 0.6) is 11.5 Å². The van der Waals surface area contributed by atoms with Gasteiger partial charge in [-0.25, -0.2) is 0 Å². The Labute approximate surface area is 149 Å². The molecule has 2 aromatic heterocycles. The van der Waals surface area contributed by atoms with E-state index in [4.69, 9.17) is 9.47 Å². The summed E-state index contributed by atoms with van der Waals surface area (Å²) >= 11 is 0. The summed E-state index contributed by atoms with van der Waals surface area (Å²) in [4.78, 5) is 4.50. The standard InChI is InChI=1S/C18H18N6O2/c1-3-26-15-7-4-11(9-16(15)25-2)17-21-18(24-23-17)20-13-5-6-14-12(8-13)10-19-22-14/h4-10H,3H2,1-2H3,(H,19,22)(H2,20,21,23,24). The minimum absolute atomic E-state index is 0.482. The molecule has 0 saturated heterocycles. The number of methoxy groups -OCH3 is 1. The first-order valence-corrected chi connectivity index (χ1v) is 8.20. The lowest BCUT2D eigenvalue weighted by atomic mass is 10.2. The van der Waals surface area contributed by atoms with Crippen molar-refractivity contribution in [3.05, 3.63) is 42.6 Å². The van der Waals surface area contributed by atoms with Crippen molar-refractivity contribution in [1.82, 2.24) is 25.4 Å². The smallest absolute Gasteiger partial charge is 0.246 e. The SMILES string of the molecule is CCOc1ccc(-c2nc(Nc3ccc4[nH]ncc4c3)n[nH]2)cc1OC. The molecule has 132 valence electrons. The number of aromatic amines is 2. The summed E-state index contributed by atoms with van der Waals surface area (Å²) in [5.41, 5.74) is 2.72. The predicted molar refractivity (Wildman–Crippen MR) is 98.9 cm³/mol. The van der Waals surface area contributed by atoms with Crippen molar-refractivity contribution in [3.63, 3.8) is 0 Å². The zero-order valence-electron chi connectivity index (χ0n) is 14.4. The molecule has 0 bridgehead atoms. The van der Waals surface area contributed by atoms with Crippen LogP contribution in [-0.2, 0) is 0 Å². The van der Waals surface area contributed by atoms with E-state index in [-0.39, 0.29) is 0 Å². The van der Waals surface area contributed by atoms with Gasteiger partial charge in [0.2, 0.25) is 5.95 Å². The number of rotatable bonds is 6. The minimum atomic E-state index is 0.482. The summed E-state index contributed by atoms with van der Waals surface area (Å²) in [6.07, 6.45) is 1.77. The van der Waals surface area contributed by atoms with E-state index in [0.29, 0.717) is 29.9 Å². The van der Waals surface area contributed by atoms with E-state index in [2.05, 4.69) is 30.7 Å². The first-order valence-electron chi connectivity index (χ1n) is 8.20. The van der Waals surface area contributed by atoms with Crippen molar-refractivity contribution in [1.29, 1.82) is 0 Å². The van der Waals surface area contributed by atoms with Gasteiger partial charge < -0.3 is 14.8 Å². The van der Waals surface area contributed by atoms with Crippen LogP contribution in [-0.4, -0.2) is 39.1 Å². The molecular weight excluding hydrogens is 332 g/mol. The number of ether oxygens (including phenoxy) is 2. The van der Waals surface area contributed by atoms with Crippen molar-refractivity contribution in [2.75, 3.05) is 19.0 Å². The highest BCUT2D eigenvalue weighted by atomic mass is 16.5. The number of nitrogens with zero attached hydrogens (tertiary/aromatic N) is 3.